The third-order valence-corrected chi connectivity index (χ3v) is 2.42. The second-order valence-corrected chi connectivity index (χ2v) is 4.26. The Kier molecular flexibility index (Phi) is 4.85. The normalized spacial score (nSPS) is 12.4. The van der Waals surface area contributed by atoms with Crippen molar-refractivity contribution in [3.05, 3.63) is 29.8 Å². The van der Waals surface area contributed by atoms with Crippen molar-refractivity contribution < 1.29 is 12.8 Å². The molecule has 5 heteroatoms. The Balaban J connectivity index is 2.50. The van der Waals surface area contributed by atoms with Gasteiger partial charge in [0.1, 0.15) is 5.75 Å². The largest absolute Gasteiger partial charge is 0.541 e. The minimum atomic E-state index is -1.20. The summed E-state index contributed by atoms with van der Waals surface area (Å²) in [4.78, 5) is 0. The van der Waals surface area contributed by atoms with E-state index < -0.39 is 11.1 Å². The van der Waals surface area contributed by atoms with Gasteiger partial charge in [-0.05, 0) is 24.2 Å². The second kappa shape index (κ2) is 5.95. The number of benzene rings is 1. The van der Waals surface area contributed by atoms with Crippen molar-refractivity contribution >= 4 is 20.8 Å². The molecular weight excluding hydrogens is 216 g/mol. The predicted octanol–water partition coefficient (Wildman–Crippen LogP) is 1.54. The van der Waals surface area contributed by atoms with Crippen LogP contribution in [0.15, 0.2) is 24.3 Å². The van der Waals surface area contributed by atoms with Gasteiger partial charge in [-0.3, -0.25) is 4.18 Å². The highest BCUT2D eigenvalue weighted by atomic mass is 32.2. The fourth-order valence-corrected chi connectivity index (χ4v) is 1.60. The van der Waals surface area contributed by atoms with Crippen LogP contribution in [0.4, 0.5) is 0 Å². The van der Waals surface area contributed by atoms with Crippen molar-refractivity contribution in [2.45, 2.75) is 13.2 Å². The maximum absolute atomic E-state index is 10.7. The maximum atomic E-state index is 10.7. The highest BCUT2D eigenvalue weighted by Crippen LogP contribution is 2.12. The molecule has 0 aliphatic rings. The van der Waals surface area contributed by atoms with E-state index in [-0.39, 0.29) is 0 Å². The van der Waals surface area contributed by atoms with E-state index in [9.17, 15) is 4.21 Å². The Hall–Kier alpha value is -0.653. The molecule has 0 spiro atoms. The van der Waals surface area contributed by atoms with Crippen molar-refractivity contribution in [2.75, 3.05) is 6.26 Å². The molecule has 0 heterocycles. The summed E-state index contributed by atoms with van der Waals surface area (Å²) in [7, 11) is 0.449. The van der Waals surface area contributed by atoms with Gasteiger partial charge in [0.2, 0.25) is 0 Å². The van der Waals surface area contributed by atoms with Gasteiger partial charge >= 0.3 is 9.76 Å². The lowest BCUT2D eigenvalue weighted by molar-refractivity contribution is 0.340. The maximum Gasteiger partial charge on any atom is 0.307 e. The van der Waals surface area contributed by atoms with E-state index in [0.717, 1.165) is 11.3 Å². The first-order valence-corrected chi connectivity index (χ1v) is 7.00. The van der Waals surface area contributed by atoms with Gasteiger partial charge in [-0.25, -0.2) is 4.21 Å². The summed E-state index contributed by atoms with van der Waals surface area (Å²) >= 11 is -1.20. The zero-order valence-corrected chi connectivity index (χ0v) is 9.97. The van der Waals surface area contributed by atoms with Crippen LogP contribution in [0.2, 0.25) is 6.55 Å². The van der Waals surface area contributed by atoms with E-state index in [1.54, 1.807) is 0 Å². The first kappa shape index (κ1) is 11.4. The van der Waals surface area contributed by atoms with E-state index in [4.69, 9.17) is 8.61 Å². The van der Waals surface area contributed by atoms with Gasteiger partial charge < -0.3 is 4.43 Å². The zero-order valence-electron chi connectivity index (χ0n) is 8.15. The Morgan fingerprint density at radius 2 is 2.00 bits per heavy atom. The van der Waals surface area contributed by atoms with Gasteiger partial charge in [-0.15, -0.1) is 0 Å². The van der Waals surface area contributed by atoms with Gasteiger partial charge in [0.25, 0.3) is 0 Å². The minimum Gasteiger partial charge on any atom is -0.541 e. The lowest BCUT2D eigenvalue weighted by Crippen LogP contribution is -1.97. The van der Waals surface area contributed by atoms with Crippen molar-refractivity contribution in [1.82, 2.24) is 0 Å². The van der Waals surface area contributed by atoms with Crippen LogP contribution in [0, 0.1) is 0 Å². The molecule has 1 atom stereocenters. The zero-order chi connectivity index (χ0) is 10.4. The summed E-state index contributed by atoms with van der Waals surface area (Å²) in [5.74, 6) is 0.854. The predicted molar refractivity (Wildman–Crippen MR) is 57.5 cm³/mol. The Bertz CT molecular complexity index is 299. The topological polar surface area (TPSA) is 35.5 Å². The highest BCUT2D eigenvalue weighted by molar-refractivity contribution is 7.79. The molecule has 1 aromatic carbocycles. The van der Waals surface area contributed by atoms with Crippen LogP contribution in [0.25, 0.3) is 0 Å². The molecule has 0 fully saturated rings. The molecule has 1 rings (SSSR count). The van der Waals surface area contributed by atoms with Crippen molar-refractivity contribution in [1.29, 1.82) is 0 Å². The van der Waals surface area contributed by atoms with Crippen LogP contribution in [-0.4, -0.2) is 20.2 Å². The SMILES string of the molecule is C[Si]Oc1ccc(COS(C)=O)cc1. The van der Waals surface area contributed by atoms with Crippen LogP contribution < -0.4 is 4.43 Å². The number of hydrogen-bond acceptors (Lipinski definition) is 3. The summed E-state index contributed by atoms with van der Waals surface area (Å²) in [5, 5.41) is 0. The van der Waals surface area contributed by atoms with Crippen LogP contribution in [0.1, 0.15) is 5.56 Å². The fraction of sp³-hybridized carbons (Fsp3) is 0.333. The smallest absolute Gasteiger partial charge is 0.307 e. The Morgan fingerprint density at radius 3 is 2.50 bits per heavy atom. The Labute approximate surface area is 89.0 Å². The first-order chi connectivity index (χ1) is 6.72. The molecule has 0 N–H and O–H groups in total. The molecule has 2 radical (unpaired) electrons. The van der Waals surface area contributed by atoms with Crippen molar-refractivity contribution in [2.24, 2.45) is 0 Å². The van der Waals surface area contributed by atoms with E-state index in [0.29, 0.717) is 16.4 Å². The first-order valence-electron chi connectivity index (χ1n) is 4.11. The average Bonchev–Trinajstić information content (AvgIpc) is 2.17. The highest BCUT2D eigenvalue weighted by Gasteiger charge is 1.96. The molecule has 1 aromatic rings. The molecular formula is C9H12O3SSi. The standard InChI is InChI=1S/C9H12O3SSi/c1-13(10)11-7-8-3-5-9(6-4-8)12-14-2/h3-6H,7H2,1-2H3. The second-order valence-electron chi connectivity index (χ2n) is 2.61. The van der Waals surface area contributed by atoms with Crippen LogP contribution >= 0.6 is 0 Å². The molecule has 0 bridgehead atoms. The van der Waals surface area contributed by atoms with E-state index in [1.807, 2.05) is 30.8 Å². The number of hydrogen-bond donors (Lipinski definition) is 0. The third-order valence-electron chi connectivity index (χ3n) is 1.53. The van der Waals surface area contributed by atoms with E-state index in [2.05, 4.69) is 0 Å². The molecule has 0 amide bonds. The third kappa shape index (κ3) is 4.04. The molecule has 1 unspecified atom stereocenters. The lowest BCUT2D eigenvalue weighted by atomic mass is 10.2. The van der Waals surface area contributed by atoms with Gasteiger partial charge in [-0.2, -0.15) is 0 Å². The molecule has 0 aromatic heterocycles. The molecule has 0 saturated carbocycles. The van der Waals surface area contributed by atoms with Gasteiger partial charge in [0.15, 0.2) is 11.1 Å². The lowest BCUT2D eigenvalue weighted by Gasteiger charge is -2.04. The average molecular weight is 228 g/mol. The van der Waals surface area contributed by atoms with E-state index >= 15 is 0 Å². The van der Waals surface area contributed by atoms with Crippen LogP contribution in [-0.2, 0) is 21.9 Å². The molecule has 3 nitrogen and oxygen atoms in total. The summed E-state index contributed by atoms with van der Waals surface area (Å²) in [5.41, 5.74) is 0.993. The van der Waals surface area contributed by atoms with Gasteiger partial charge in [0, 0.05) is 6.26 Å². The number of rotatable bonds is 5. The molecule has 0 aliphatic carbocycles. The molecule has 14 heavy (non-hydrogen) atoms. The quantitative estimate of drug-likeness (QED) is 0.717. The summed E-state index contributed by atoms with van der Waals surface area (Å²) in [6.07, 6.45) is 1.51. The van der Waals surface area contributed by atoms with Gasteiger partial charge in [-0.1, -0.05) is 12.1 Å². The fourth-order valence-electron chi connectivity index (χ4n) is 0.923. The van der Waals surface area contributed by atoms with Crippen LogP contribution in [0.5, 0.6) is 5.75 Å². The van der Waals surface area contributed by atoms with Crippen molar-refractivity contribution in [3.63, 3.8) is 0 Å². The summed E-state index contributed by atoms with van der Waals surface area (Å²) < 4.78 is 20.9. The molecule has 0 aliphatic heterocycles. The monoisotopic (exact) mass is 228 g/mol. The van der Waals surface area contributed by atoms with Gasteiger partial charge in [0.05, 0.1) is 6.61 Å². The van der Waals surface area contributed by atoms with E-state index in [1.165, 1.54) is 6.26 Å². The molecule has 0 saturated heterocycles. The van der Waals surface area contributed by atoms with Crippen molar-refractivity contribution in [3.8, 4) is 5.75 Å². The van der Waals surface area contributed by atoms with Crippen LogP contribution in [0.3, 0.4) is 0 Å². The summed E-state index contributed by atoms with van der Waals surface area (Å²) in [6, 6.07) is 7.58. The summed E-state index contributed by atoms with van der Waals surface area (Å²) in [6.45, 7) is 2.34. The minimum absolute atomic E-state index is 0.373. The molecule has 76 valence electrons. The Morgan fingerprint density at radius 1 is 1.36 bits per heavy atom.